The van der Waals surface area contributed by atoms with Gasteiger partial charge in [-0.05, 0) is 40.4 Å². The van der Waals surface area contributed by atoms with Gasteiger partial charge in [0.05, 0.1) is 18.9 Å². The maximum absolute atomic E-state index is 13.3. The van der Waals surface area contributed by atoms with Gasteiger partial charge >= 0.3 is 0 Å². The smallest absolute Gasteiger partial charge is 0.281 e. The lowest BCUT2D eigenvalue weighted by Gasteiger charge is -2.21. The molecule has 1 aliphatic heterocycles. The summed E-state index contributed by atoms with van der Waals surface area (Å²) in [6, 6.07) is 23.0. The summed E-state index contributed by atoms with van der Waals surface area (Å²) in [5.41, 5.74) is 2.37. The van der Waals surface area contributed by atoms with Crippen molar-refractivity contribution in [3.63, 3.8) is 0 Å². The molecule has 2 heterocycles. The molecule has 0 fully saturated rings. The number of hydrazone groups is 1. The number of benzene rings is 3. The van der Waals surface area contributed by atoms with Crippen molar-refractivity contribution in [2.45, 2.75) is 12.5 Å². The Morgan fingerprint density at radius 2 is 1.94 bits per heavy atom. The number of hydrogen-bond donors (Lipinski definition) is 0. The number of hydrogen-bond acceptors (Lipinski definition) is 6. The first-order valence-electron chi connectivity index (χ1n) is 10.8. The van der Waals surface area contributed by atoms with Gasteiger partial charge in [0.25, 0.3) is 5.91 Å². The van der Waals surface area contributed by atoms with Crippen LogP contribution in [0.25, 0.3) is 10.8 Å². The Morgan fingerprint density at radius 1 is 1.09 bits per heavy atom. The third kappa shape index (κ3) is 4.18. The predicted octanol–water partition coefficient (Wildman–Crippen LogP) is 5.48. The highest BCUT2D eigenvalue weighted by Crippen LogP contribution is 2.37. The maximum Gasteiger partial charge on any atom is 0.281 e. The number of carbonyl (C=O) groups excluding carboxylic acids is 2. The zero-order valence-corrected chi connectivity index (χ0v) is 19.3. The van der Waals surface area contributed by atoms with Crippen LogP contribution < -0.4 is 9.47 Å². The summed E-state index contributed by atoms with van der Waals surface area (Å²) in [6.45, 7) is -0.203. The number of methoxy groups -OCH3 is 1. The van der Waals surface area contributed by atoms with Crippen LogP contribution in [0.4, 0.5) is 0 Å². The summed E-state index contributed by atoms with van der Waals surface area (Å²) in [5.74, 6) is 0.537. The molecule has 1 amide bonds. The van der Waals surface area contributed by atoms with E-state index in [1.807, 2.05) is 35.7 Å². The van der Waals surface area contributed by atoms with Crippen molar-refractivity contribution < 1.29 is 19.1 Å². The SMILES string of the molecule is COc1cc(C=O)ccc1OCC(=O)N1N=C(c2cccc3ccccc23)CC1c1cccs1. The van der Waals surface area contributed by atoms with Crippen molar-refractivity contribution in [1.29, 1.82) is 0 Å². The number of rotatable bonds is 7. The maximum atomic E-state index is 13.3. The van der Waals surface area contributed by atoms with Crippen LogP contribution in [0, 0.1) is 0 Å². The minimum absolute atomic E-state index is 0.190. The first-order chi connectivity index (χ1) is 16.7. The van der Waals surface area contributed by atoms with Crippen LogP contribution in [0.2, 0.25) is 0 Å². The molecule has 1 aliphatic rings. The lowest BCUT2D eigenvalue weighted by molar-refractivity contribution is -0.135. The molecule has 7 heteroatoms. The molecule has 1 unspecified atom stereocenters. The number of thiophene rings is 1. The monoisotopic (exact) mass is 470 g/mol. The summed E-state index contributed by atoms with van der Waals surface area (Å²) in [5, 5.41) is 10.6. The minimum atomic E-state index is -0.254. The fraction of sp³-hybridized carbons (Fsp3) is 0.148. The van der Waals surface area contributed by atoms with Gasteiger partial charge in [-0.1, -0.05) is 48.5 Å². The summed E-state index contributed by atoms with van der Waals surface area (Å²) >= 11 is 1.61. The van der Waals surface area contributed by atoms with Crippen LogP contribution in [0.1, 0.15) is 33.3 Å². The van der Waals surface area contributed by atoms with E-state index in [1.165, 1.54) is 12.1 Å². The zero-order valence-electron chi connectivity index (χ0n) is 18.5. The summed E-state index contributed by atoms with van der Waals surface area (Å²) in [6.07, 6.45) is 1.36. The van der Waals surface area contributed by atoms with Gasteiger partial charge in [-0.3, -0.25) is 9.59 Å². The van der Waals surface area contributed by atoms with Gasteiger partial charge in [-0.2, -0.15) is 5.10 Å². The molecule has 3 aromatic carbocycles. The summed E-state index contributed by atoms with van der Waals surface area (Å²) < 4.78 is 11.1. The Labute approximate surface area is 201 Å². The molecule has 5 rings (SSSR count). The van der Waals surface area contributed by atoms with Gasteiger partial charge in [-0.25, -0.2) is 5.01 Å². The minimum Gasteiger partial charge on any atom is -0.493 e. The van der Waals surface area contributed by atoms with Crippen LogP contribution in [0.15, 0.2) is 83.3 Å². The molecule has 1 atom stereocenters. The molecule has 0 saturated carbocycles. The zero-order chi connectivity index (χ0) is 23.5. The summed E-state index contributed by atoms with van der Waals surface area (Å²) in [4.78, 5) is 25.4. The highest BCUT2D eigenvalue weighted by Gasteiger charge is 2.34. The molecular weight excluding hydrogens is 448 g/mol. The van der Waals surface area contributed by atoms with Crippen LogP contribution >= 0.6 is 11.3 Å². The molecule has 6 nitrogen and oxygen atoms in total. The van der Waals surface area contributed by atoms with Gasteiger partial charge in [0.15, 0.2) is 18.1 Å². The van der Waals surface area contributed by atoms with Crippen molar-refractivity contribution in [1.82, 2.24) is 5.01 Å². The number of carbonyl (C=O) groups is 2. The molecule has 4 aromatic rings. The van der Waals surface area contributed by atoms with Gasteiger partial charge in [0, 0.05) is 22.4 Å². The number of aldehydes is 1. The van der Waals surface area contributed by atoms with Crippen molar-refractivity contribution >= 4 is 40.0 Å². The van der Waals surface area contributed by atoms with E-state index in [4.69, 9.17) is 14.6 Å². The Kier molecular flexibility index (Phi) is 6.10. The summed E-state index contributed by atoms with van der Waals surface area (Å²) in [7, 11) is 1.49. The van der Waals surface area contributed by atoms with E-state index in [0.29, 0.717) is 23.5 Å². The molecule has 0 radical (unpaired) electrons. The molecule has 0 saturated heterocycles. The van der Waals surface area contributed by atoms with E-state index in [1.54, 1.807) is 29.5 Å². The molecule has 170 valence electrons. The van der Waals surface area contributed by atoms with E-state index in [9.17, 15) is 9.59 Å². The molecule has 1 aromatic heterocycles. The Balaban J connectivity index is 1.43. The lowest BCUT2D eigenvalue weighted by Crippen LogP contribution is -2.31. The van der Waals surface area contributed by atoms with Crippen molar-refractivity contribution in [2.75, 3.05) is 13.7 Å². The van der Waals surface area contributed by atoms with E-state index in [-0.39, 0.29) is 18.6 Å². The van der Waals surface area contributed by atoms with Crippen LogP contribution in [-0.2, 0) is 4.79 Å². The van der Waals surface area contributed by atoms with E-state index < -0.39 is 0 Å². The first kappa shape index (κ1) is 21.9. The number of nitrogens with zero attached hydrogens (tertiary/aromatic N) is 2. The normalized spacial score (nSPS) is 15.3. The Hall–Kier alpha value is -3.97. The molecule has 0 bridgehead atoms. The quantitative estimate of drug-likeness (QED) is 0.336. The second-order valence-corrected chi connectivity index (χ2v) is 8.84. The Bertz CT molecular complexity index is 1380. The van der Waals surface area contributed by atoms with Crippen LogP contribution in [-0.4, -0.2) is 36.6 Å². The van der Waals surface area contributed by atoms with Gasteiger partial charge in [0.2, 0.25) is 0 Å². The van der Waals surface area contributed by atoms with Gasteiger partial charge in [-0.15, -0.1) is 11.3 Å². The first-order valence-corrected chi connectivity index (χ1v) is 11.7. The standard InChI is InChI=1S/C27H22N2O4S/c1-32-25-14-18(16-30)11-12-24(25)33-17-27(31)29-23(26-10-5-13-34-26)15-22(28-29)21-9-4-7-19-6-2-3-8-20(19)21/h2-14,16,23H,15,17H2,1H3. The number of ether oxygens (including phenoxy) is 2. The van der Waals surface area contributed by atoms with E-state index in [0.717, 1.165) is 33.2 Å². The highest BCUT2D eigenvalue weighted by molar-refractivity contribution is 7.10. The van der Waals surface area contributed by atoms with Gasteiger partial charge < -0.3 is 9.47 Å². The molecule has 0 aliphatic carbocycles. The fourth-order valence-corrected chi connectivity index (χ4v) is 4.98. The number of amides is 1. The second-order valence-electron chi connectivity index (χ2n) is 7.86. The largest absolute Gasteiger partial charge is 0.493 e. The van der Waals surface area contributed by atoms with Crippen molar-refractivity contribution in [2.24, 2.45) is 5.10 Å². The van der Waals surface area contributed by atoms with E-state index >= 15 is 0 Å². The van der Waals surface area contributed by atoms with Crippen LogP contribution in [0.5, 0.6) is 11.5 Å². The van der Waals surface area contributed by atoms with Crippen LogP contribution in [0.3, 0.4) is 0 Å². The van der Waals surface area contributed by atoms with Crippen molar-refractivity contribution in [3.05, 3.63) is 94.2 Å². The second kappa shape index (κ2) is 9.49. The highest BCUT2D eigenvalue weighted by atomic mass is 32.1. The third-order valence-corrected chi connectivity index (χ3v) is 6.79. The average molecular weight is 471 g/mol. The topological polar surface area (TPSA) is 68.2 Å². The third-order valence-electron chi connectivity index (χ3n) is 5.81. The molecule has 34 heavy (non-hydrogen) atoms. The fourth-order valence-electron chi connectivity index (χ4n) is 4.16. The molecular formula is C27H22N2O4S. The lowest BCUT2D eigenvalue weighted by atomic mass is 9.97. The van der Waals surface area contributed by atoms with Gasteiger partial charge in [0.1, 0.15) is 6.29 Å². The van der Waals surface area contributed by atoms with E-state index in [2.05, 4.69) is 24.3 Å². The predicted molar refractivity (Wildman–Crippen MR) is 133 cm³/mol. The number of fused-ring (bicyclic) bond motifs is 1. The molecule has 0 spiro atoms. The van der Waals surface area contributed by atoms with Crippen molar-refractivity contribution in [3.8, 4) is 11.5 Å². The Morgan fingerprint density at radius 3 is 2.74 bits per heavy atom. The molecule has 0 N–H and O–H groups in total. The average Bonchev–Trinajstić information content (AvgIpc) is 3.57.